The molecule has 1 aromatic carbocycles. The van der Waals surface area contributed by atoms with Crippen LogP contribution in [-0.4, -0.2) is 39.7 Å². The summed E-state index contributed by atoms with van der Waals surface area (Å²) in [5.74, 6) is -2.80. The molecule has 2 heterocycles. The fraction of sp³-hybridized carbons (Fsp3) is 0.308. The number of hydrogen-bond acceptors (Lipinski definition) is 7. The molecule has 3 N–H and O–H groups in total. The van der Waals surface area contributed by atoms with Crippen molar-refractivity contribution in [1.29, 1.82) is 0 Å². The second-order valence-electron chi connectivity index (χ2n) is 4.87. The number of phosphoric acid groups is 1. The first-order valence-electron chi connectivity index (χ1n) is 6.56. The first-order valence-corrected chi connectivity index (χ1v) is 8.09. The van der Waals surface area contributed by atoms with Crippen molar-refractivity contribution >= 4 is 13.8 Å². The van der Waals surface area contributed by atoms with Crippen LogP contribution < -0.4 is 0 Å². The van der Waals surface area contributed by atoms with E-state index in [1.54, 1.807) is 24.3 Å². The lowest BCUT2D eigenvalue weighted by atomic mass is 10.2. The number of carbonyl (C=O) groups excluding carboxylic acids is 1. The normalized spacial score (nSPS) is 28.1. The maximum Gasteiger partial charge on any atom is 0.524 e. The molecule has 2 aliphatic heterocycles. The molecule has 1 aromatic rings. The Morgan fingerprint density at radius 2 is 1.91 bits per heavy atom. The van der Waals surface area contributed by atoms with Gasteiger partial charge in [0.2, 0.25) is 11.5 Å². The van der Waals surface area contributed by atoms with Gasteiger partial charge in [0.05, 0.1) is 6.61 Å². The highest BCUT2D eigenvalue weighted by molar-refractivity contribution is 7.46. The smallest absolute Gasteiger partial charge is 0.499 e. The molecular weight excluding hydrogens is 331 g/mol. The summed E-state index contributed by atoms with van der Waals surface area (Å²) in [7, 11) is -4.98. The molecule has 3 rings (SSSR count). The van der Waals surface area contributed by atoms with Crippen molar-refractivity contribution in [3.8, 4) is 0 Å². The highest BCUT2D eigenvalue weighted by Gasteiger charge is 2.47. The zero-order valence-electron chi connectivity index (χ0n) is 11.6. The van der Waals surface area contributed by atoms with Gasteiger partial charge in [0.25, 0.3) is 0 Å². The quantitative estimate of drug-likeness (QED) is 0.538. The highest BCUT2D eigenvalue weighted by Crippen LogP contribution is 2.44. The molecule has 1 unspecified atom stereocenters. The van der Waals surface area contributed by atoms with Crippen LogP contribution in [0.5, 0.6) is 0 Å². The summed E-state index contributed by atoms with van der Waals surface area (Å²) < 4.78 is 31.2. The third-order valence-corrected chi connectivity index (χ3v) is 3.69. The summed E-state index contributed by atoms with van der Waals surface area (Å²) in [6, 6.07) is 8.95. The lowest BCUT2D eigenvalue weighted by Crippen LogP contribution is -2.31. The predicted molar refractivity (Wildman–Crippen MR) is 72.7 cm³/mol. The van der Waals surface area contributed by atoms with Gasteiger partial charge in [0.15, 0.2) is 12.4 Å². The van der Waals surface area contributed by atoms with Gasteiger partial charge in [0, 0.05) is 5.56 Å². The van der Waals surface area contributed by atoms with Gasteiger partial charge in [-0.25, -0.2) is 9.36 Å². The summed E-state index contributed by atoms with van der Waals surface area (Å²) in [6.07, 6.45) is -2.90. The SMILES string of the molecule is O=C1O[C@H]([C@@H]2COC(c3ccccc3)O2)C(OP(=O)(O)O)=C1O. The van der Waals surface area contributed by atoms with Crippen LogP contribution in [0.15, 0.2) is 41.9 Å². The number of carbonyl (C=O) groups is 1. The van der Waals surface area contributed by atoms with Gasteiger partial charge in [-0.3, -0.25) is 9.79 Å². The minimum absolute atomic E-state index is 0.0151. The van der Waals surface area contributed by atoms with E-state index in [4.69, 9.17) is 24.0 Å². The standard InChI is InChI=1S/C13H13O9P/c14-9-11(22-23(16,17)18)10(21-12(9)15)8-6-19-13(20-8)7-4-2-1-3-5-7/h1-5,8,10,13-14H,6H2,(H2,16,17,18)/t8-,10+,13?/m0/s1. The maximum atomic E-state index is 11.4. The molecule has 0 aromatic heterocycles. The van der Waals surface area contributed by atoms with Crippen LogP contribution >= 0.6 is 7.82 Å². The van der Waals surface area contributed by atoms with E-state index in [1.165, 1.54) is 0 Å². The van der Waals surface area contributed by atoms with Crippen LogP contribution in [0.2, 0.25) is 0 Å². The van der Waals surface area contributed by atoms with Gasteiger partial charge >= 0.3 is 13.8 Å². The third kappa shape index (κ3) is 3.39. The Bertz CT molecular complexity index is 680. The van der Waals surface area contributed by atoms with E-state index in [0.29, 0.717) is 0 Å². The highest BCUT2D eigenvalue weighted by atomic mass is 31.2. The fourth-order valence-corrected chi connectivity index (χ4v) is 2.74. The zero-order valence-corrected chi connectivity index (χ0v) is 12.5. The minimum Gasteiger partial charge on any atom is -0.499 e. The van der Waals surface area contributed by atoms with E-state index in [1.807, 2.05) is 6.07 Å². The molecular formula is C13H13O9P. The van der Waals surface area contributed by atoms with E-state index in [-0.39, 0.29) is 6.61 Å². The van der Waals surface area contributed by atoms with Crippen LogP contribution in [0, 0.1) is 0 Å². The molecule has 1 saturated heterocycles. The molecule has 0 radical (unpaired) electrons. The lowest BCUT2D eigenvalue weighted by molar-refractivity contribution is -0.149. The Hall–Kier alpha value is -1.90. The molecule has 2 aliphatic rings. The Balaban J connectivity index is 1.77. The van der Waals surface area contributed by atoms with Gasteiger partial charge in [0.1, 0.15) is 6.10 Å². The fourth-order valence-electron chi connectivity index (χ4n) is 2.29. The maximum absolute atomic E-state index is 11.4. The average molecular weight is 344 g/mol. The molecule has 0 aliphatic carbocycles. The summed E-state index contributed by atoms with van der Waals surface area (Å²) in [6.45, 7) is -0.0151. The molecule has 124 valence electrons. The van der Waals surface area contributed by atoms with Gasteiger partial charge in [-0.2, -0.15) is 0 Å². The molecule has 0 spiro atoms. The molecule has 23 heavy (non-hydrogen) atoms. The van der Waals surface area contributed by atoms with Crippen molar-refractivity contribution in [2.45, 2.75) is 18.5 Å². The molecule has 9 nitrogen and oxygen atoms in total. The number of cyclic esters (lactones) is 1. The van der Waals surface area contributed by atoms with Gasteiger partial charge in [-0.1, -0.05) is 30.3 Å². The monoisotopic (exact) mass is 344 g/mol. The number of aliphatic hydroxyl groups excluding tert-OH is 1. The third-order valence-electron chi connectivity index (χ3n) is 3.26. The summed E-state index contributed by atoms with van der Waals surface area (Å²) >= 11 is 0. The van der Waals surface area contributed by atoms with Crippen LogP contribution in [0.25, 0.3) is 0 Å². The van der Waals surface area contributed by atoms with Crippen molar-refractivity contribution in [3.63, 3.8) is 0 Å². The molecule has 0 amide bonds. The average Bonchev–Trinajstić information content (AvgIpc) is 3.08. The minimum atomic E-state index is -4.98. The molecule has 3 atom stereocenters. The first-order chi connectivity index (χ1) is 10.8. The zero-order chi connectivity index (χ0) is 16.6. The Morgan fingerprint density at radius 1 is 1.22 bits per heavy atom. The number of rotatable bonds is 4. The van der Waals surface area contributed by atoms with Gasteiger partial charge < -0.3 is 23.8 Å². The number of ether oxygens (including phenoxy) is 3. The first kappa shape index (κ1) is 16.0. The van der Waals surface area contributed by atoms with Crippen LogP contribution in [-0.2, 0) is 28.1 Å². The van der Waals surface area contributed by atoms with Crippen molar-refractivity contribution in [2.24, 2.45) is 0 Å². The topological polar surface area (TPSA) is 132 Å². The number of aliphatic hydroxyl groups is 1. The van der Waals surface area contributed by atoms with E-state index < -0.39 is 43.8 Å². The second-order valence-corrected chi connectivity index (χ2v) is 6.03. The van der Waals surface area contributed by atoms with Crippen LogP contribution in [0.3, 0.4) is 0 Å². The number of esters is 1. The van der Waals surface area contributed by atoms with E-state index in [2.05, 4.69) is 4.52 Å². The van der Waals surface area contributed by atoms with Crippen LogP contribution in [0.1, 0.15) is 11.9 Å². The van der Waals surface area contributed by atoms with Crippen LogP contribution in [0.4, 0.5) is 0 Å². The lowest BCUT2D eigenvalue weighted by Gasteiger charge is -2.19. The van der Waals surface area contributed by atoms with E-state index in [9.17, 15) is 14.5 Å². The number of benzene rings is 1. The Labute approximate surface area is 130 Å². The molecule has 0 saturated carbocycles. The largest absolute Gasteiger partial charge is 0.524 e. The van der Waals surface area contributed by atoms with Crippen molar-refractivity contribution in [1.82, 2.24) is 0 Å². The van der Waals surface area contributed by atoms with E-state index >= 15 is 0 Å². The Kier molecular flexibility index (Phi) is 4.13. The summed E-state index contributed by atoms with van der Waals surface area (Å²) in [4.78, 5) is 29.2. The van der Waals surface area contributed by atoms with Crippen molar-refractivity contribution in [3.05, 3.63) is 47.4 Å². The Morgan fingerprint density at radius 3 is 2.57 bits per heavy atom. The predicted octanol–water partition coefficient (Wildman–Crippen LogP) is 0.905. The van der Waals surface area contributed by atoms with E-state index in [0.717, 1.165) is 5.56 Å². The molecule has 1 fully saturated rings. The summed E-state index contributed by atoms with van der Waals surface area (Å²) in [5, 5.41) is 9.57. The second kappa shape index (κ2) is 5.95. The molecule has 0 bridgehead atoms. The van der Waals surface area contributed by atoms with Gasteiger partial charge in [-0.15, -0.1) is 0 Å². The molecule has 10 heteroatoms. The number of hydrogen-bond donors (Lipinski definition) is 3. The van der Waals surface area contributed by atoms with Gasteiger partial charge in [-0.05, 0) is 0 Å². The van der Waals surface area contributed by atoms with Crippen molar-refractivity contribution in [2.75, 3.05) is 6.61 Å². The number of phosphoric ester groups is 1. The summed E-state index contributed by atoms with van der Waals surface area (Å²) in [5.41, 5.74) is 0.727. The van der Waals surface area contributed by atoms with Crippen molar-refractivity contribution < 1.29 is 43.0 Å².